The zero-order chi connectivity index (χ0) is 40.2. The molecule has 7 heteroatoms. The summed E-state index contributed by atoms with van der Waals surface area (Å²) in [6, 6.07) is 0. The van der Waals surface area contributed by atoms with Crippen molar-refractivity contribution in [2.75, 3.05) is 27.2 Å². The fourth-order valence-electron chi connectivity index (χ4n) is 6.78. The van der Waals surface area contributed by atoms with E-state index in [0.717, 1.165) is 51.5 Å². The van der Waals surface area contributed by atoms with Gasteiger partial charge in [0.1, 0.15) is 6.10 Å². The molecule has 0 fully saturated rings. The number of carbonyl (C=O) groups is 3. The van der Waals surface area contributed by atoms with Crippen molar-refractivity contribution in [1.82, 2.24) is 4.90 Å². The number of unbranched alkanes of at least 4 members (excludes halogenated alkanes) is 19. The van der Waals surface area contributed by atoms with Crippen molar-refractivity contribution in [3.05, 3.63) is 24.3 Å². The van der Waals surface area contributed by atoms with Crippen LogP contribution < -0.4 is 0 Å². The lowest BCUT2D eigenvalue weighted by Gasteiger charge is -2.20. The van der Waals surface area contributed by atoms with Gasteiger partial charge in [-0.25, -0.2) is 0 Å². The number of ether oxygens (including phenoxy) is 2. The summed E-state index contributed by atoms with van der Waals surface area (Å²) in [7, 11) is 4.06. The van der Waals surface area contributed by atoms with Gasteiger partial charge in [0, 0.05) is 19.3 Å². The van der Waals surface area contributed by atoms with E-state index >= 15 is 0 Å². The molecule has 0 saturated carbocycles. The molecular formula is C47H89NO6. The van der Waals surface area contributed by atoms with Crippen LogP contribution in [-0.2, 0) is 23.9 Å². The van der Waals surface area contributed by atoms with Gasteiger partial charge in [0.25, 0.3) is 6.47 Å². The normalized spacial score (nSPS) is 12.1. The minimum absolute atomic E-state index is 0.0678. The van der Waals surface area contributed by atoms with Crippen LogP contribution in [0.1, 0.15) is 220 Å². The van der Waals surface area contributed by atoms with Gasteiger partial charge in [-0.3, -0.25) is 14.4 Å². The standard InChI is InChI=1S/C46H87NO4.CH2O2/c1-6-9-12-15-18-19-20-21-22-23-24-25-26-27-30-33-37-44(51-45(48)38-34-40-47(4)5)39-41-50-46(49)42-43(35-31-28-16-13-10-7-2)36-32-29-17-14-11-8-3;2-1-3/h18-19,21-22,43-44H,6-17,20,23-42H2,1-5H3;1H,(H,2,3)/b19-18-,22-21-;. The highest BCUT2D eigenvalue weighted by Gasteiger charge is 2.18. The highest BCUT2D eigenvalue weighted by Crippen LogP contribution is 2.23. The van der Waals surface area contributed by atoms with Crippen LogP contribution in [-0.4, -0.2) is 61.8 Å². The molecule has 1 atom stereocenters. The van der Waals surface area contributed by atoms with Crippen LogP contribution in [0.15, 0.2) is 24.3 Å². The molecule has 0 bridgehead atoms. The second-order valence-electron chi connectivity index (χ2n) is 15.7. The Balaban J connectivity index is 0. The Bertz CT molecular complexity index is 841. The minimum atomic E-state index is -0.250. The molecule has 0 aromatic carbocycles. The van der Waals surface area contributed by atoms with Crippen LogP contribution in [0.5, 0.6) is 0 Å². The van der Waals surface area contributed by atoms with Gasteiger partial charge in [-0.05, 0) is 90.8 Å². The summed E-state index contributed by atoms with van der Waals surface area (Å²) in [6.07, 6.45) is 44.7. The van der Waals surface area contributed by atoms with Gasteiger partial charge in [-0.1, -0.05) is 161 Å². The molecule has 0 aromatic rings. The summed E-state index contributed by atoms with van der Waals surface area (Å²) in [5.41, 5.74) is 0. The van der Waals surface area contributed by atoms with E-state index < -0.39 is 0 Å². The molecule has 54 heavy (non-hydrogen) atoms. The van der Waals surface area contributed by atoms with E-state index in [1.165, 1.54) is 135 Å². The lowest BCUT2D eigenvalue weighted by atomic mass is 9.91. The smallest absolute Gasteiger partial charge is 0.306 e. The molecule has 0 aliphatic carbocycles. The highest BCUT2D eigenvalue weighted by atomic mass is 16.6. The van der Waals surface area contributed by atoms with Gasteiger partial charge < -0.3 is 19.5 Å². The first-order valence-electron chi connectivity index (χ1n) is 22.7. The molecule has 0 aliphatic rings. The number of carbonyl (C=O) groups excluding carboxylic acids is 2. The Morgan fingerprint density at radius 3 is 1.54 bits per heavy atom. The first-order chi connectivity index (χ1) is 26.3. The third-order valence-corrected chi connectivity index (χ3v) is 10.1. The molecule has 0 radical (unpaired) electrons. The van der Waals surface area contributed by atoms with Crippen molar-refractivity contribution in [3.8, 4) is 0 Å². The number of nitrogens with zero attached hydrogens (tertiary/aromatic N) is 1. The monoisotopic (exact) mass is 764 g/mol. The van der Waals surface area contributed by atoms with Crippen LogP contribution in [0.25, 0.3) is 0 Å². The molecule has 1 unspecified atom stereocenters. The number of esters is 2. The largest absolute Gasteiger partial charge is 0.483 e. The van der Waals surface area contributed by atoms with Gasteiger partial charge in [0.05, 0.1) is 6.61 Å². The van der Waals surface area contributed by atoms with Crippen molar-refractivity contribution in [2.24, 2.45) is 5.92 Å². The van der Waals surface area contributed by atoms with Crippen molar-refractivity contribution < 1.29 is 29.0 Å². The Morgan fingerprint density at radius 1 is 0.574 bits per heavy atom. The van der Waals surface area contributed by atoms with Crippen LogP contribution in [0.3, 0.4) is 0 Å². The maximum absolute atomic E-state index is 13.0. The Kier molecular flexibility index (Phi) is 45.2. The summed E-state index contributed by atoms with van der Waals surface area (Å²) in [4.78, 5) is 36.1. The summed E-state index contributed by atoms with van der Waals surface area (Å²) in [6.45, 7) is 7.75. The third-order valence-electron chi connectivity index (χ3n) is 10.1. The summed E-state index contributed by atoms with van der Waals surface area (Å²) < 4.78 is 11.7. The number of rotatable bonds is 39. The van der Waals surface area contributed by atoms with Gasteiger partial charge in [0.2, 0.25) is 0 Å². The van der Waals surface area contributed by atoms with Crippen LogP contribution in [0, 0.1) is 5.92 Å². The second kappa shape index (κ2) is 45.2. The van der Waals surface area contributed by atoms with E-state index in [2.05, 4.69) is 50.0 Å². The number of carboxylic acid groups (broad SMARTS) is 1. The minimum Gasteiger partial charge on any atom is -0.483 e. The number of allylic oxidation sites excluding steroid dienone is 4. The van der Waals surface area contributed by atoms with Crippen molar-refractivity contribution >= 4 is 18.4 Å². The Morgan fingerprint density at radius 2 is 1.02 bits per heavy atom. The maximum atomic E-state index is 13.0. The van der Waals surface area contributed by atoms with Crippen LogP contribution >= 0.6 is 0 Å². The van der Waals surface area contributed by atoms with Crippen molar-refractivity contribution in [3.63, 3.8) is 0 Å². The highest BCUT2D eigenvalue weighted by molar-refractivity contribution is 5.70. The number of hydrogen-bond donors (Lipinski definition) is 1. The fraction of sp³-hybridized carbons (Fsp3) is 0.851. The molecule has 0 amide bonds. The van der Waals surface area contributed by atoms with Gasteiger partial charge in [0.15, 0.2) is 0 Å². The first kappa shape index (κ1) is 54.0. The van der Waals surface area contributed by atoms with E-state index in [-0.39, 0.29) is 24.5 Å². The predicted octanol–water partition coefficient (Wildman–Crippen LogP) is 13.6. The summed E-state index contributed by atoms with van der Waals surface area (Å²) >= 11 is 0. The Labute approximate surface area is 334 Å². The second-order valence-corrected chi connectivity index (χ2v) is 15.7. The quantitative estimate of drug-likeness (QED) is 0.0288. The molecule has 1 N–H and O–H groups in total. The fourth-order valence-corrected chi connectivity index (χ4v) is 6.78. The average molecular weight is 764 g/mol. The van der Waals surface area contributed by atoms with E-state index in [9.17, 15) is 9.59 Å². The van der Waals surface area contributed by atoms with E-state index in [4.69, 9.17) is 19.4 Å². The predicted molar refractivity (Wildman–Crippen MR) is 230 cm³/mol. The topological polar surface area (TPSA) is 93.1 Å². The summed E-state index contributed by atoms with van der Waals surface area (Å²) in [5, 5.41) is 6.89. The molecule has 7 nitrogen and oxygen atoms in total. The maximum Gasteiger partial charge on any atom is 0.306 e. The lowest BCUT2D eigenvalue weighted by molar-refractivity contribution is -0.152. The van der Waals surface area contributed by atoms with Gasteiger partial charge in [-0.2, -0.15) is 0 Å². The van der Waals surface area contributed by atoms with Crippen molar-refractivity contribution in [1.29, 1.82) is 0 Å². The van der Waals surface area contributed by atoms with E-state index in [1.807, 2.05) is 14.1 Å². The lowest BCUT2D eigenvalue weighted by Crippen LogP contribution is -2.22. The number of hydrogen-bond acceptors (Lipinski definition) is 6. The van der Waals surface area contributed by atoms with Gasteiger partial charge >= 0.3 is 11.9 Å². The first-order valence-corrected chi connectivity index (χ1v) is 22.7. The molecule has 0 spiro atoms. The molecule has 318 valence electrons. The molecule has 0 heterocycles. The van der Waals surface area contributed by atoms with Crippen LogP contribution in [0.2, 0.25) is 0 Å². The van der Waals surface area contributed by atoms with Crippen LogP contribution in [0.4, 0.5) is 0 Å². The third kappa shape index (κ3) is 44.2. The van der Waals surface area contributed by atoms with E-state index in [0.29, 0.717) is 31.8 Å². The average Bonchev–Trinajstić information content (AvgIpc) is 3.14. The molecule has 0 aromatic heterocycles. The molecule has 0 rings (SSSR count). The van der Waals surface area contributed by atoms with Gasteiger partial charge in [-0.15, -0.1) is 0 Å². The zero-order valence-corrected chi connectivity index (χ0v) is 36.3. The zero-order valence-electron chi connectivity index (χ0n) is 36.3. The van der Waals surface area contributed by atoms with E-state index in [1.54, 1.807) is 0 Å². The van der Waals surface area contributed by atoms with Crippen molar-refractivity contribution in [2.45, 2.75) is 226 Å². The molecule has 0 aliphatic heterocycles. The SMILES string of the molecule is CCCCC/C=C\C/C=C\CCCCCCCCC(CCOC(=O)CC(CCCCCCCC)CCCCCCCC)OC(=O)CCCN(C)C.O=CO. The molecular weight excluding hydrogens is 675 g/mol. The molecule has 0 saturated heterocycles. The summed E-state index contributed by atoms with van der Waals surface area (Å²) in [5.74, 6) is 0.242. The Hall–Kier alpha value is -2.15.